The van der Waals surface area contributed by atoms with Crippen molar-refractivity contribution in [3.8, 4) is 11.3 Å². The fourth-order valence-corrected chi connectivity index (χ4v) is 3.24. The second-order valence-corrected chi connectivity index (χ2v) is 6.24. The lowest BCUT2D eigenvalue weighted by molar-refractivity contribution is 0.167. The minimum Gasteiger partial charge on any atom is -0.298 e. The molecular formula is C19H14N4O2S. The number of fused-ring (bicyclic) bond motifs is 1. The van der Waals surface area contributed by atoms with Crippen LogP contribution in [0.5, 0.6) is 0 Å². The van der Waals surface area contributed by atoms with Crippen molar-refractivity contribution in [3.63, 3.8) is 0 Å². The molecule has 0 atom stereocenters. The van der Waals surface area contributed by atoms with Crippen LogP contribution in [0.25, 0.3) is 16.2 Å². The molecule has 4 aromatic rings. The molecule has 0 saturated carbocycles. The summed E-state index contributed by atoms with van der Waals surface area (Å²) in [6.45, 7) is 0. The van der Waals surface area contributed by atoms with Gasteiger partial charge in [0.15, 0.2) is 4.96 Å². The van der Waals surface area contributed by atoms with Gasteiger partial charge >= 0.3 is 6.09 Å². The molecule has 0 radical (unpaired) electrons. The van der Waals surface area contributed by atoms with Crippen LogP contribution < -0.4 is 5.32 Å². The van der Waals surface area contributed by atoms with Crippen LogP contribution in [0.1, 0.15) is 5.69 Å². The van der Waals surface area contributed by atoms with Crippen molar-refractivity contribution in [2.24, 2.45) is 5.16 Å². The summed E-state index contributed by atoms with van der Waals surface area (Å²) in [6, 6.07) is 18.9. The molecule has 2 aromatic heterocycles. The molecule has 2 aromatic carbocycles. The largest absolute Gasteiger partial charge is 0.437 e. The number of para-hydroxylation sites is 1. The number of benzene rings is 2. The molecule has 128 valence electrons. The SMILES string of the molecule is O=C(Nc1ccccc1)ON=Cc1c(-c2ccccc2)nc2sccn12. The molecule has 1 amide bonds. The number of aromatic nitrogens is 2. The summed E-state index contributed by atoms with van der Waals surface area (Å²) >= 11 is 1.53. The average Bonchev–Trinajstić information content (AvgIpc) is 3.25. The Hall–Kier alpha value is -3.45. The zero-order chi connectivity index (χ0) is 17.8. The summed E-state index contributed by atoms with van der Waals surface area (Å²) in [7, 11) is 0. The second kappa shape index (κ2) is 7.20. The van der Waals surface area contributed by atoms with E-state index >= 15 is 0 Å². The number of rotatable bonds is 4. The maximum Gasteiger partial charge on any atom is 0.437 e. The lowest BCUT2D eigenvalue weighted by Gasteiger charge is -2.02. The van der Waals surface area contributed by atoms with Gasteiger partial charge in [0, 0.05) is 22.8 Å². The lowest BCUT2D eigenvalue weighted by atomic mass is 10.1. The molecule has 0 aliphatic carbocycles. The molecule has 0 aliphatic heterocycles. The zero-order valence-electron chi connectivity index (χ0n) is 13.6. The number of hydrogen-bond donors (Lipinski definition) is 1. The maximum atomic E-state index is 11.8. The molecule has 4 rings (SSSR count). The Morgan fingerprint density at radius 1 is 1.12 bits per heavy atom. The van der Waals surface area contributed by atoms with Crippen LogP contribution in [0, 0.1) is 0 Å². The Labute approximate surface area is 153 Å². The van der Waals surface area contributed by atoms with E-state index < -0.39 is 6.09 Å². The van der Waals surface area contributed by atoms with Crippen molar-refractivity contribution in [2.75, 3.05) is 5.32 Å². The minimum atomic E-state index is -0.653. The van der Waals surface area contributed by atoms with Gasteiger partial charge in [-0.05, 0) is 12.1 Å². The summed E-state index contributed by atoms with van der Waals surface area (Å²) in [6.07, 6.45) is 2.75. The molecular weight excluding hydrogens is 348 g/mol. The molecule has 0 unspecified atom stereocenters. The van der Waals surface area contributed by atoms with Crippen LogP contribution >= 0.6 is 11.3 Å². The van der Waals surface area contributed by atoms with E-state index in [1.807, 2.05) is 64.5 Å². The van der Waals surface area contributed by atoms with Gasteiger partial charge in [-0.15, -0.1) is 11.3 Å². The monoisotopic (exact) mass is 362 g/mol. The van der Waals surface area contributed by atoms with Crippen molar-refractivity contribution in [2.45, 2.75) is 0 Å². The number of anilines is 1. The molecule has 0 bridgehead atoms. The summed E-state index contributed by atoms with van der Waals surface area (Å²) in [5.74, 6) is 0. The van der Waals surface area contributed by atoms with Gasteiger partial charge in [0.1, 0.15) is 0 Å². The summed E-state index contributed by atoms with van der Waals surface area (Å²) in [5.41, 5.74) is 3.15. The highest BCUT2D eigenvalue weighted by Crippen LogP contribution is 2.25. The van der Waals surface area contributed by atoms with Gasteiger partial charge < -0.3 is 0 Å². The molecule has 2 heterocycles. The molecule has 6 nitrogen and oxygen atoms in total. The van der Waals surface area contributed by atoms with Crippen molar-refractivity contribution in [1.29, 1.82) is 0 Å². The van der Waals surface area contributed by atoms with Crippen molar-refractivity contribution in [3.05, 3.63) is 77.9 Å². The van der Waals surface area contributed by atoms with Crippen LogP contribution in [0.2, 0.25) is 0 Å². The molecule has 0 spiro atoms. The van der Waals surface area contributed by atoms with Gasteiger partial charge in [-0.3, -0.25) is 14.6 Å². The Morgan fingerprint density at radius 3 is 2.62 bits per heavy atom. The topological polar surface area (TPSA) is 68.0 Å². The van der Waals surface area contributed by atoms with Crippen molar-refractivity contribution >= 4 is 34.3 Å². The molecule has 0 fully saturated rings. The zero-order valence-corrected chi connectivity index (χ0v) is 14.4. The number of imidazole rings is 1. The fraction of sp³-hybridized carbons (Fsp3) is 0. The van der Waals surface area contributed by atoms with Crippen LogP contribution in [-0.4, -0.2) is 21.7 Å². The predicted octanol–water partition coefficient (Wildman–Crippen LogP) is 4.65. The first-order valence-corrected chi connectivity index (χ1v) is 8.76. The summed E-state index contributed by atoms with van der Waals surface area (Å²) < 4.78 is 1.91. The van der Waals surface area contributed by atoms with Gasteiger partial charge in [0.25, 0.3) is 0 Å². The van der Waals surface area contributed by atoms with Gasteiger partial charge in [0.05, 0.1) is 17.6 Å². The van der Waals surface area contributed by atoms with Crippen LogP contribution in [0.4, 0.5) is 10.5 Å². The van der Waals surface area contributed by atoms with Crippen LogP contribution in [0.3, 0.4) is 0 Å². The Bertz CT molecular complexity index is 1060. The first kappa shape index (κ1) is 16.0. The number of amides is 1. The van der Waals surface area contributed by atoms with E-state index in [-0.39, 0.29) is 0 Å². The first-order valence-electron chi connectivity index (χ1n) is 7.88. The minimum absolute atomic E-state index is 0.641. The molecule has 0 saturated heterocycles. The number of nitrogens with zero attached hydrogens (tertiary/aromatic N) is 3. The van der Waals surface area contributed by atoms with Gasteiger partial charge in [-0.25, -0.2) is 9.78 Å². The fourth-order valence-electron chi connectivity index (χ4n) is 2.52. The Morgan fingerprint density at radius 2 is 1.85 bits per heavy atom. The van der Waals surface area contributed by atoms with E-state index in [0.717, 1.165) is 21.9 Å². The number of hydrogen-bond acceptors (Lipinski definition) is 5. The lowest BCUT2D eigenvalue weighted by Crippen LogP contribution is -2.10. The van der Waals surface area contributed by atoms with Gasteiger partial charge in [-0.2, -0.15) is 0 Å². The smallest absolute Gasteiger partial charge is 0.298 e. The van der Waals surface area contributed by atoms with Crippen LogP contribution in [0.15, 0.2) is 77.4 Å². The summed E-state index contributed by atoms with van der Waals surface area (Å²) in [4.78, 5) is 22.2. The van der Waals surface area contributed by atoms with E-state index in [0.29, 0.717) is 5.69 Å². The Balaban J connectivity index is 1.55. The second-order valence-electron chi connectivity index (χ2n) is 5.37. The summed E-state index contributed by atoms with van der Waals surface area (Å²) in [5, 5.41) is 8.38. The van der Waals surface area contributed by atoms with Crippen LogP contribution in [-0.2, 0) is 4.84 Å². The van der Waals surface area contributed by atoms with E-state index in [9.17, 15) is 4.79 Å². The first-order chi connectivity index (χ1) is 12.8. The number of carbonyl (C=O) groups is 1. The Kier molecular flexibility index (Phi) is 4.44. The predicted molar refractivity (Wildman–Crippen MR) is 103 cm³/mol. The molecule has 26 heavy (non-hydrogen) atoms. The third-order valence-electron chi connectivity index (χ3n) is 3.68. The van der Waals surface area contributed by atoms with Crippen molar-refractivity contribution in [1.82, 2.24) is 9.38 Å². The highest BCUT2D eigenvalue weighted by atomic mass is 32.1. The highest BCUT2D eigenvalue weighted by Gasteiger charge is 2.13. The van der Waals surface area contributed by atoms with E-state index in [1.165, 1.54) is 17.6 Å². The number of carbonyl (C=O) groups excluding carboxylic acids is 1. The van der Waals surface area contributed by atoms with Gasteiger partial charge in [0.2, 0.25) is 0 Å². The third-order valence-corrected chi connectivity index (χ3v) is 4.43. The number of oxime groups is 1. The number of thiazole rings is 1. The van der Waals surface area contributed by atoms with E-state index in [1.54, 1.807) is 12.1 Å². The quantitative estimate of drug-likeness (QED) is 0.326. The normalized spacial score (nSPS) is 11.1. The standard InChI is InChI=1S/C19H14N4O2S/c24-19(21-15-9-5-2-6-10-15)25-20-13-16-17(14-7-3-1-4-8-14)22-18-23(16)11-12-26-18/h1-13H,(H,21,24). The van der Waals surface area contributed by atoms with E-state index in [4.69, 9.17) is 4.84 Å². The molecule has 7 heteroatoms. The van der Waals surface area contributed by atoms with E-state index in [2.05, 4.69) is 15.5 Å². The third kappa shape index (κ3) is 3.33. The highest BCUT2D eigenvalue weighted by molar-refractivity contribution is 7.15. The van der Waals surface area contributed by atoms with Gasteiger partial charge in [-0.1, -0.05) is 53.7 Å². The molecule has 1 N–H and O–H groups in total. The van der Waals surface area contributed by atoms with Crippen molar-refractivity contribution < 1.29 is 9.63 Å². The average molecular weight is 362 g/mol. The maximum absolute atomic E-state index is 11.8. The molecule has 0 aliphatic rings. The number of nitrogens with one attached hydrogen (secondary N) is 1.